The molecule has 632 valence electrons. The first-order valence-corrected chi connectivity index (χ1v) is 40.9. The average molecular weight is 1680 g/mol. The highest BCUT2D eigenvalue weighted by molar-refractivity contribution is 6.32. The summed E-state index contributed by atoms with van der Waals surface area (Å²) >= 11 is 14.4. The lowest BCUT2D eigenvalue weighted by Gasteiger charge is -2.54. The average Bonchev–Trinajstić information content (AvgIpc) is 1.57. The smallest absolute Gasteiger partial charge is 0.325 e. The van der Waals surface area contributed by atoms with Crippen LogP contribution >= 0.6 is 23.2 Å². The summed E-state index contributed by atoms with van der Waals surface area (Å²) in [5.41, 5.74) is 4.76. The summed E-state index contributed by atoms with van der Waals surface area (Å²) in [6.45, 7) is 7.02. The maximum atomic E-state index is 16.6. The van der Waals surface area contributed by atoms with Crippen LogP contribution in [0, 0.1) is 47.3 Å². The van der Waals surface area contributed by atoms with Gasteiger partial charge in [-0.15, -0.1) is 0 Å². The highest BCUT2D eigenvalue weighted by Gasteiger charge is 2.52. The lowest BCUT2D eigenvalue weighted by atomic mass is 9.51. The van der Waals surface area contributed by atoms with E-state index in [9.17, 15) is 60.0 Å². The molecule has 15 bridgehead atoms. The van der Waals surface area contributed by atoms with Gasteiger partial charge in [0.15, 0.2) is 28.8 Å². The predicted molar refractivity (Wildman–Crippen MR) is 426 cm³/mol. The first-order valence-electron chi connectivity index (χ1n) is 40.1. The number of hydrogen-bond donors (Lipinski definition) is 16. The maximum absolute atomic E-state index is 16.6. The molecule has 0 radical (unpaired) electrons. The number of urea groups is 1. The van der Waals surface area contributed by atoms with Crippen LogP contribution in [0.4, 0.5) is 10.5 Å². The summed E-state index contributed by atoms with van der Waals surface area (Å²) < 4.78 is 31.6. The number of nitrogens with two attached hydrogens (primary N) is 1. The van der Waals surface area contributed by atoms with Gasteiger partial charge in [-0.2, -0.15) is 0 Å². The summed E-state index contributed by atoms with van der Waals surface area (Å²) in [5, 5.41) is 113. The van der Waals surface area contributed by atoms with Gasteiger partial charge in [-0.25, -0.2) is 4.79 Å². The van der Waals surface area contributed by atoms with Crippen molar-refractivity contribution in [1.29, 1.82) is 0 Å². The fourth-order valence-electron chi connectivity index (χ4n) is 18.5. The van der Waals surface area contributed by atoms with Crippen LogP contribution < -0.4 is 61.9 Å². The molecule has 14 atom stereocenters. The van der Waals surface area contributed by atoms with Crippen molar-refractivity contribution >= 4 is 87.7 Å². The van der Waals surface area contributed by atoms with Crippen LogP contribution in [0.1, 0.15) is 174 Å². The minimum absolute atomic E-state index is 0.0197. The van der Waals surface area contributed by atoms with Gasteiger partial charge in [0.1, 0.15) is 83.8 Å². The molecule has 31 nitrogen and oxygen atoms in total. The van der Waals surface area contributed by atoms with Gasteiger partial charge in [-0.3, -0.25) is 48.5 Å². The topological polar surface area (TPSA) is 489 Å². The molecule has 8 amide bonds. The molecule has 11 aliphatic rings. The summed E-state index contributed by atoms with van der Waals surface area (Å²) in [6.07, 6.45) is -10.8. The molecule has 0 unspecified atom stereocenters. The molecule has 6 heterocycles. The van der Waals surface area contributed by atoms with Crippen LogP contribution in [0.5, 0.6) is 40.2 Å². The Labute approximate surface area is 693 Å². The molecule has 17 rings (SSSR count). The molecule has 4 saturated carbocycles. The molecule has 1 saturated heterocycles. The number of carbonyl (C=O) groups excluding carboxylic acids is 10. The zero-order valence-electron chi connectivity index (χ0n) is 65.5. The number of carbonyl (C=O) groups is 10. The quantitative estimate of drug-likeness (QED) is 0.0285. The Hall–Kier alpha value is -10.2. The van der Waals surface area contributed by atoms with Gasteiger partial charge >= 0.3 is 6.03 Å². The van der Waals surface area contributed by atoms with Crippen molar-refractivity contribution in [2.45, 2.75) is 184 Å². The van der Waals surface area contributed by atoms with Crippen LogP contribution in [0.15, 0.2) is 103 Å². The predicted octanol–water partition coefficient (Wildman–Crippen LogP) is 7.05. The van der Waals surface area contributed by atoms with E-state index in [1.807, 2.05) is 13.8 Å². The lowest BCUT2D eigenvalue weighted by molar-refractivity contribution is -0.270. The number of Topliss-reactive ketones (excluding diaryl/α,β-unsaturated/α-hetero) is 3. The molecule has 5 fully saturated rings. The number of anilines is 1. The monoisotopic (exact) mass is 1680 g/mol. The number of nitrogens with one attached hydrogen (secondary N) is 7. The van der Waals surface area contributed by atoms with Gasteiger partial charge in [-0.1, -0.05) is 68.2 Å². The number of aliphatic hydroxyl groups excluding tert-OH is 5. The molecule has 6 aromatic rings. The number of ether oxygens (including phenoxy) is 5. The molecule has 0 spiro atoms. The zero-order chi connectivity index (χ0) is 84.9. The van der Waals surface area contributed by atoms with Crippen molar-refractivity contribution in [3.63, 3.8) is 0 Å². The number of hydrogen-bond acceptors (Lipinski definition) is 24. The van der Waals surface area contributed by atoms with E-state index in [0.29, 0.717) is 37.0 Å². The van der Waals surface area contributed by atoms with Crippen LogP contribution in [-0.4, -0.2) is 162 Å². The molecule has 0 aromatic heterocycles. The minimum atomic E-state index is -2.93. The highest BCUT2D eigenvalue weighted by atomic mass is 35.5. The Morgan fingerprint density at radius 3 is 1.95 bits per heavy atom. The van der Waals surface area contributed by atoms with Crippen LogP contribution in [-0.2, 0) is 53.7 Å². The third-order valence-electron chi connectivity index (χ3n) is 24.3. The van der Waals surface area contributed by atoms with E-state index < -0.39 is 192 Å². The molecular formula is C86H96Cl2N8O23. The van der Waals surface area contributed by atoms with Crippen molar-refractivity contribution in [2.24, 2.45) is 53.1 Å². The van der Waals surface area contributed by atoms with Crippen molar-refractivity contribution in [1.82, 2.24) is 31.9 Å². The normalized spacial score (nSPS) is 28.1. The number of fused-ring (bicyclic) bond motifs is 12. The zero-order valence-corrected chi connectivity index (χ0v) is 67.0. The fourth-order valence-corrected chi connectivity index (χ4v) is 19.0. The second-order valence-electron chi connectivity index (χ2n) is 33.0. The van der Waals surface area contributed by atoms with Gasteiger partial charge in [0, 0.05) is 68.4 Å². The first kappa shape index (κ1) is 85.3. The first-order chi connectivity index (χ1) is 56.7. The Morgan fingerprint density at radius 1 is 0.681 bits per heavy atom. The largest absolute Gasteiger partial charge is 0.508 e. The van der Waals surface area contributed by atoms with Gasteiger partial charge < -0.3 is 102 Å². The molecule has 6 aromatic carbocycles. The van der Waals surface area contributed by atoms with E-state index in [-0.39, 0.29) is 126 Å². The third kappa shape index (κ3) is 18.0. The van der Waals surface area contributed by atoms with Crippen molar-refractivity contribution in [3.05, 3.63) is 152 Å². The van der Waals surface area contributed by atoms with Gasteiger partial charge in [0.05, 0.1) is 28.5 Å². The van der Waals surface area contributed by atoms with Crippen LogP contribution in [0.25, 0.3) is 11.1 Å². The summed E-state index contributed by atoms with van der Waals surface area (Å²) in [6, 6.07) is 12.7. The van der Waals surface area contributed by atoms with Crippen molar-refractivity contribution < 1.29 is 112 Å². The van der Waals surface area contributed by atoms with Gasteiger partial charge in [-0.05, 0) is 205 Å². The van der Waals surface area contributed by atoms with Gasteiger partial charge in [0.2, 0.25) is 53.3 Å². The van der Waals surface area contributed by atoms with E-state index in [2.05, 4.69) is 37.2 Å². The number of phenols is 1. The highest BCUT2D eigenvalue weighted by Crippen LogP contribution is 2.59. The molecule has 5 aliphatic carbocycles. The molecule has 33 heteroatoms. The number of rotatable bonds is 19. The van der Waals surface area contributed by atoms with Gasteiger partial charge in [0.25, 0.3) is 0 Å². The Balaban J connectivity index is 0.924. The maximum Gasteiger partial charge on any atom is 0.325 e. The SMILES string of the molecule is CC[C@H](CC(C)C)C(=O)N[C@H]1C(=O)C[C@@H](CC(=O)NC(=O)Nc2ccc(OCCCNC(C)=O)cc2)C(=O)N[C@H]2C(=O)C[C@H]3C(=O)N[C@H](C(=O)N[C@H](C(=O)CC4C5CC6CC(C5)CC4C6)c4cc(O)cc5c4-c4cc3ccc4C5(O)O)[C@H](O)c3ccc(c(Cl)c3)Oc3cc2cc(c3O[C@@H]2O[C@H](CN)[C@@H](O)[C@H](O)[C@H]2O)Oc2ccc(cc2Cl)[C@H]1O. The minimum Gasteiger partial charge on any atom is -0.508 e. The summed E-state index contributed by atoms with van der Waals surface area (Å²) in [4.78, 5) is 150. The number of aliphatic hydroxyl groups is 7. The van der Waals surface area contributed by atoms with Crippen LogP contribution in [0.2, 0.25) is 10.0 Å². The summed E-state index contributed by atoms with van der Waals surface area (Å²) in [7, 11) is 0. The second-order valence-corrected chi connectivity index (χ2v) is 33.8. The number of imide groups is 1. The standard InChI is InChI=1S/C86H96Cl2N8O23/c1-5-41(19-37(2)3)80(108)95-72-60(99)28-48(31-68(102)92-85(112)91-49-10-12-51(13-11-49)115-18-6-17-90-38(4)97)81(109)93-70-47-29-65(116-63-15-8-43(74(72)103)26-58(63)87)79(119-84-78(107)77(106)76(105)67(36-89)118-84)66(30-47)117-64-16-9-44(27-59(64)88)75(104)73-83(111)94-71(62(101)34-52-45-21-39-20-40(23-45)24-46(52)22-39)55-32-50(98)33-57-69(55)54-25-42(7-14-56(54)86(57,113)114)53(35-61(70)100)82(110)96-73/h7-16,25-27,29-30,32-33,37,39-41,45-46,48,52-53,67,70-78,84,98,103-107,113-114H,5-6,17-24,28,31,34-36,89H2,1-4H3,(H,90,97)(H,93,109)(H,94,111)(H,95,108)(H,96,110)(H2,91,92,102,112)/t39?,40?,41-,45?,46?,48+,52?,53-,67-,70-,71+,72+,73+,74-,75-,76-,77+,78-,84+/m1/s1. The second kappa shape index (κ2) is 35.3. The molecular weight excluding hydrogens is 1580 g/mol. The number of halogens is 2. The van der Waals surface area contributed by atoms with Crippen LogP contribution in [0.3, 0.4) is 0 Å². The van der Waals surface area contributed by atoms with E-state index in [4.69, 9.17) is 52.6 Å². The van der Waals surface area contributed by atoms with Crippen molar-refractivity contribution in [3.8, 4) is 51.4 Å². The number of benzene rings is 6. The Kier molecular flexibility index (Phi) is 25.3. The summed E-state index contributed by atoms with van der Waals surface area (Å²) in [5.74, 6) is -17.2. The molecule has 17 N–H and O–H groups in total. The number of amides is 8. The van der Waals surface area contributed by atoms with E-state index >= 15 is 28.8 Å². The molecule has 6 aliphatic heterocycles. The lowest BCUT2D eigenvalue weighted by Crippen LogP contribution is -2.60. The number of phenolic OH excluding ortho intramolecular Hbond substituents is 1. The Morgan fingerprint density at radius 2 is 1.33 bits per heavy atom. The number of ketones is 3. The molecule has 119 heavy (non-hydrogen) atoms. The fraction of sp³-hybridized carbons (Fsp3) is 0.465. The third-order valence-corrected chi connectivity index (χ3v) is 24.9. The van der Waals surface area contributed by atoms with E-state index in [1.54, 1.807) is 6.92 Å². The number of aromatic hydroxyl groups is 1. The van der Waals surface area contributed by atoms with E-state index in [0.717, 1.165) is 50.3 Å². The Bertz CT molecular complexity index is 4960. The van der Waals surface area contributed by atoms with Crippen molar-refractivity contribution in [2.75, 3.05) is 25.0 Å². The van der Waals surface area contributed by atoms with E-state index in [1.165, 1.54) is 91.9 Å².